The fourth-order valence-electron chi connectivity index (χ4n) is 1.71. The van der Waals surface area contributed by atoms with E-state index in [1.165, 1.54) is 6.20 Å². The summed E-state index contributed by atoms with van der Waals surface area (Å²) in [4.78, 5) is 31.1. The summed E-state index contributed by atoms with van der Waals surface area (Å²) in [6.45, 7) is 5.40. The average molecular weight is 265 g/mol. The van der Waals surface area contributed by atoms with Gasteiger partial charge in [0.1, 0.15) is 11.9 Å². The molecular weight excluding hydrogens is 246 g/mol. The number of hydrogen-bond acceptors (Lipinski definition) is 4. The van der Waals surface area contributed by atoms with Crippen molar-refractivity contribution in [2.45, 2.75) is 46.1 Å². The van der Waals surface area contributed by atoms with Crippen molar-refractivity contribution < 1.29 is 14.7 Å². The topological polar surface area (TPSA) is 92.2 Å². The number of amides is 1. The molecule has 0 bridgehead atoms. The van der Waals surface area contributed by atoms with Crippen molar-refractivity contribution in [3.63, 3.8) is 0 Å². The molecule has 1 rings (SSSR count). The molecule has 1 unspecified atom stereocenters. The Labute approximate surface area is 112 Å². The molecule has 1 aromatic heterocycles. The van der Waals surface area contributed by atoms with Crippen LogP contribution in [0, 0.1) is 13.8 Å². The number of hydrogen-bond donors (Lipinski definition) is 2. The van der Waals surface area contributed by atoms with E-state index in [2.05, 4.69) is 15.3 Å². The molecule has 0 aromatic carbocycles. The SMILES string of the molecule is CCCCC(NC(=O)c1cnc(C)nc1C)C(=O)O. The van der Waals surface area contributed by atoms with Crippen LogP contribution >= 0.6 is 0 Å². The smallest absolute Gasteiger partial charge is 0.326 e. The number of rotatable bonds is 6. The molecule has 19 heavy (non-hydrogen) atoms. The predicted molar refractivity (Wildman–Crippen MR) is 69.9 cm³/mol. The van der Waals surface area contributed by atoms with E-state index in [0.29, 0.717) is 23.5 Å². The Morgan fingerprint density at radius 2 is 2.11 bits per heavy atom. The number of aromatic nitrogens is 2. The lowest BCUT2D eigenvalue weighted by Gasteiger charge is -2.14. The molecule has 1 heterocycles. The molecule has 0 spiro atoms. The quantitative estimate of drug-likeness (QED) is 0.812. The van der Waals surface area contributed by atoms with Crippen LogP contribution in [-0.4, -0.2) is 33.0 Å². The van der Waals surface area contributed by atoms with E-state index in [4.69, 9.17) is 5.11 Å². The number of nitrogens with zero attached hydrogens (tertiary/aromatic N) is 2. The van der Waals surface area contributed by atoms with E-state index < -0.39 is 17.9 Å². The number of carbonyl (C=O) groups excluding carboxylic acids is 1. The number of aryl methyl sites for hydroxylation is 2. The van der Waals surface area contributed by atoms with Gasteiger partial charge >= 0.3 is 5.97 Å². The van der Waals surface area contributed by atoms with E-state index in [1.807, 2.05) is 6.92 Å². The molecule has 104 valence electrons. The van der Waals surface area contributed by atoms with Crippen molar-refractivity contribution in [3.05, 3.63) is 23.3 Å². The van der Waals surface area contributed by atoms with Crippen LogP contribution in [0.4, 0.5) is 0 Å². The first-order valence-corrected chi connectivity index (χ1v) is 6.29. The van der Waals surface area contributed by atoms with E-state index in [1.54, 1.807) is 13.8 Å². The molecule has 0 saturated heterocycles. The molecule has 0 aliphatic rings. The Bertz CT molecular complexity index is 474. The summed E-state index contributed by atoms with van der Waals surface area (Å²) in [6.07, 6.45) is 3.47. The molecule has 0 fully saturated rings. The van der Waals surface area contributed by atoms with Gasteiger partial charge in [-0.25, -0.2) is 14.8 Å². The standard InChI is InChI=1S/C13H19N3O3/c1-4-5-6-11(13(18)19)16-12(17)10-7-14-9(3)15-8(10)2/h7,11H,4-6H2,1-3H3,(H,16,17)(H,18,19). The fourth-order valence-corrected chi connectivity index (χ4v) is 1.71. The normalized spacial score (nSPS) is 11.9. The van der Waals surface area contributed by atoms with Crippen LogP contribution in [-0.2, 0) is 4.79 Å². The van der Waals surface area contributed by atoms with Crippen LogP contribution in [0.25, 0.3) is 0 Å². The number of nitrogens with one attached hydrogen (secondary N) is 1. The van der Waals surface area contributed by atoms with Gasteiger partial charge in [-0.3, -0.25) is 4.79 Å². The van der Waals surface area contributed by atoms with Gasteiger partial charge in [-0.15, -0.1) is 0 Å². The summed E-state index contributed by atoms with van der Waals surface area (Å²) in [5, 5.41) is 11.6. The highest BCUT2D eigenvalue weighted by molar-refractivity contribution is 5.97. The van der Waals surface area contributed by atoms with Crippen LogP contribution in [0.2, 0.25) is 0 Å². The molecule has 1 amide bonds. The number of carboxylic acid groups (broad SMARTS) is 1. The summed E-state index contributed by atoms with van der Waals surface area (Å²) in [5.41, 5.74) is 0.859. The van der Waals surface area contributed by atoms with Gasteiger partial charge in [0.05, 0.1) is 11.3 Å². The highest BCUT2D eigenvalue weighted by Gasteiger charge is 2.21. The van der Waals surface area contributed by atoms with Crippen molar-refractivity contribution in [3.8, 4) is 0 Å². The minimum Gasteiger partial charge on any atom is -0.480 e. The van der Waals surface area contributed by atoms with Gasteiger partial charge in [0.25, 0.3) is 5.91 Å². The summed E-state index contributed by atoms with van der Waals surface area (Å²) in [5.74, 6) is -0.886. The van der Waals surface area contributed by atoms with Gasteiger partial charge in [-0.1, -0.05) is 19.8 Å². The summed E-state index contributed by atoms with van der Waals surface area (Å²) < 4.78 is 0. The van der Waals surface area contributed by atoms with Gasteiger partial charge in [0.2, 0.25) is 0 Å². The lowest BCUT2D eigenvalue weighted by Crippen LogP contribution is -2.41. The maximum atomic E-state index is 12.0. The first-order chi connectivity index (χ1) is 8.95. The first-order valence-electron chi connectivity index (χ1n) is 6.29. The number of carboxylic acids is 1. The van der Waals surface area contributed by atoms with Crippen molar-refractivity contribution in [2.24, 2.45) is 0 Å². The van der Waals surface area contributed by atoms with Gasteiger partial charge in [-0.2, -0.15) is 0 Å². The number of unbranched alkanes of at least 4 members (excludes halogenated alkanes) is 1. The first kappa shape index (κ1) is 15.1. The van der Waals surface area contributed by atoms with Crippen LogP contribution in [0.3, 0.4) is 0 Å². The molecular formula is C13H19N3O3. The van der Waals surface area contributed by atoms with E-state index in [0.717, 1.165) is 12.8 Å². The predicted octanol–water partition coefficient (Wildman–Crippen LogP) is 1.47. The minimum absolute atomic E-state index is 0.313. The third-order valence-electron chi connectivity index (χ3n) is 2.79. The highest BCUT2D eigenvalue weighted by atomic mass is 16.4. The third kappa shape index (κ3) is 4.31. The van der Waals surface area contributed by atoms with Crippen molar-refractivity contribution in [1.29, 1.82) is 0 Å². The molecule has 0 radical (unpaired) electrons. The number of aliphatic carboxylic acids is 1. The van der Waals surface area contributed by atoms with Crippen molar-refractivity contribution in [1.82, 2.24) is 15.3 Å². The van der Waals surface area contributed by atoms with Crippen molar-refractivity contribution in [2.75, 3.05) is 0 Å². The summed E-state index contributed by atoms with van der Waals surface area (Å²) in [7, 11) is 0. The maximum Gasteiger partial charge on any atom is 0.326 e. The molecule has 1 atom stereocenters. The van der Waals surface area contributed by atoms with Crippen LogP contribution in [0.1, 0.15) is 48.1 Å². The van der Waals surface area contributed by atoms with Crippen LogP contribution in [0.15, 0.2) is 6.20 Å². The van der Waals surface area contributed by atoms with Crippen LogP contribution < -0.4 is 5.32 Å². The Kier molecular flexibility index (Phi) is 5.41. The Morgan fingerprint density at radius 3 is 2.63 bits per heavy atom. The molecule has 2 N–H and O–H groups in total. The molecule has 6 heteroatoms. The molecule has 0 aliphatic heterocycles. The Balaban J connectivity index is 2.78. The Hall–Kier alpha value is -1.98. The zero-order valence-electron chi connectivity index (χ0n) is 11.4. The average Bonchev–Trinajstić information content (AvgIpc) is 2.33. The second-order valence-electron chi connectivity index (χ2n) is 4.42. The van der Waals surface area contributed by atoms with E-state index >= 15 is 0 Å². The fraction of sp³-hybridized carbons (Fsp3) is 0.538. The molecule has 6 nitrogen and oxygen atoms in total. The maximum absolute atomic E-state index is 12.0. The molecule has 0 aliphatic carbocycles. The highest BCUT2D eigenvalue weighted by Crippen LogP contribution is 2.06. The third-order valence-corrected chi connectivity index (χ3v) is 2.79. The minimum atomic E-state index is -1.02. The molecule has 1 aromatic rings. The van der Waals surface area contributed by atoms with Crippen molar-refractivity contribution >= 4 is 11.9 Å². The largest absolute Gasteiger partial charge is 0.480 e. The summed E-state index contributed by atoms with van der Waals surface area (Å²) in [6, 6.07) is -0.867. The zero-order valence-corrected chi connectivity index (χ0v) is 11.4. The number of carbonyl (C=O) groups is 2. The lowest BCUT2D eigenvalue weighted by atomic mass is 10.1. The molecule has 0 saturated carbocycles. The summed E-state index contributed by atoms with van der Waals surface area (Å²) >= 11 is 0. The monoisotopic (exact) mass is 265 g/mol. The second kappa shape index (κ2) is 6.82. The van der Waals surface area contributed by atoms with E-state index in [-0.39, 0.29) is 0 Å². The van der Waals surface area contributed by atoms with Crippen LogP contribution in [0.5, 0.6) is 0 Å². The van der Waals surface area contributed by atoms with Gasteiger partial charge < -0.3 is 10.4 Å². The zero-order chi connectivity index (χ0) is 14.4. The van der Waals surface area contributed by atoms with Gasteiger partial charge in [0.15, 0.2) is 0 Å². The van der Waals surface area contributed by atoms with Gasteiger partial charge in [0, 0.05) is 6.20 Å². The lowest BCUT2D eigenvalue weighted by molar-refractivity contribution is -0.139. The Morgan fingerprint density at radius 1 is 1.42 bits per heavy atom. The second-order valence-corrected chi connectivity index (χ2v) is 4.42. The van der Waals surface area contributed by atoms with Gasteiger partial charge in [-0.05, 0) is 20.3 Å². The van der Waals surface area contributed by atoms with E-state index in [9.17, 15) is 9.59 Å².